The van der Waals surface area contributed by atoms with Gasteiger partial charge in [0.25, 0.3) is 5.91 Å². The summed E-state index contributed by atoms with van der Waals surface area (Å²) in [5.74, 6) is -1.61. The lowest BCUT2D eigenvalue weighted by atomic mass is 10.2. The van der Waals surface area contributed by atoms with Gasteiger partial charge in [-0.25, -0.2) is 9.18 Å². The number of anilines is 1. The highest BCUT2D eigenvalue weighted by Crippen LogP contribution is 2.27. The van der Waals surface area contributed by atoms with Gasteiger partial charge in [-0.2, -0.15) is 0 Å². The smallest absolute Gasteiger partial charge is 0.340 e. The lowest BCUT2D eigenvalue weighted by molar-refractivity contribution is -0.119. The highest BCUT2D eigenvalue weighted by atomic mass is 35.5. The van der Waals surface area contributed by atoms with Crippen LogP contribution >= 0.6 is 23.2 Å². The number of hydrogen-bond acceptors (Lipinski definition) is 4. The van der Waals surface area contributed by atoms with Crippen molar-refractivity contribution in [3.8, 4) is 5.75 Å². The fourth-order valence-corrected chi connectivity index (χ4v) is 2.24. The van der Waals surface area contributed by atoms with Crippen LogP contribution in [0.25, 0.3) is 0 Å². The van der Waals surface area contributed by atoms with E-state index in [1.54, 1.807) is 12.1 Å². The minimum absolute atomic E-state index is 0.0359. The molecule has 0 aliphatic carbocycles. The van der Waals surface area contributed by atoms with E-state index in [4.69, 9.17) is 32.7 Å². The number of carbonyl (C=O) groups is 2. The van der Waals surface area contributed by atoms with Crippen molar-refractivity contribution in [1.82, 2.24) is 0 Å². The van der Waals surface area contributed by atoms with Crippen LogP contribution in [0.5, 0.6) is 5.75 Å². The van der Waals surface area contributed by atoms with E-state index in [1.165, 1.54) is 19.2 Å². The van der Waals surface area contributed by atoms with Gasteiger partial charge in [-0.05, 0) is 36.4 Å². The number of ether oxygens (including phenoxy) is 2. The first kappa shape index (κ1) is 18.0. The van der Waals surface area contributed by atoms with Crippen LogP contribution in [-0.4, -0.2) is 25.6 Å². The number of hydrogen-bond donors (Lipinski definition) is 1. The Morgan fingerprint density at radius 3 is 2.58 bits per heavy atom. The molecule has 24 heavy (non-hydrogen) atoms. The molecule has 0 saturated carbocycles. The topological polar surface area (TPSA) is 64.6 Å². The third kappa shape index (κ3) is 4.59. The summed E-state index contributed by atoms with van der Waals surface area (Å²) in [5.41, 5.74) is 0.303. The van der Waals surface area contributed by atoms with Crippen LogP contribution in [0, 0.1) is 5.82 Å². The molecule has 2 aromatic carbocycles. The van der Waals surface area contributed by atoms with E-state index < -0.39 is 24.3 Å². The number of halogens is 3. The molecule has 0 fully saturated rings. The van der Waals surface area contributed by atoms with Gasteiger partial charge in [-0.15, -0.1) is 0 Å². The first-order valence-corrected chi connectivity index (χ1v) is 7.42. The average molecular weight is 372 g/mol. The largest absolute Gasteiger partial charge is 0.495 e. The lowest BCUT2D eigenvalue weighted by Gasteiger charge is -2.11. The molecule has 0 saturated heterocycles. The van der Waals surface area contributed by atoms with Gasteiger partial charge in [0.15, 0.2) is 6.61 Å². The van der Waals surface area contributed by atoms with Gasteiger partial charge in [-0.3, -0.25) is 4.79 Å². The number of carbonyl (C=O) groups excluding carboxylic acids is 2. The van der Waals surface area contributed by atoms with E-state index in [9.17, 15) is 14.0 Å². The quantitative estimate of drug-likeness (QED) is 0.808. The maximum absolute atomic E-state index is 12.9. The van der Waals surface area contributed by atoms with Crippen LogP contribution in [0.3, 0.4) is 0 Å². The molecule has 1 amide bonds. The molecule has 0 heterocycles. The maximum atomic E-state index is 12.9. The Morgan fingerprint density at radius 2 is 1.92 bits per heavy atom. The van der Waals surface area contributed by atoms with Crippen molar-refractivity contribution in [2.45, 2.75) is 0 Å². The van der Waals surface area contributed by atoms with Crippen molar-refractivity contribution in [1.29, 1.82) is 0 Å². The third-order valence-electron chi connectivity index (χ3n) is 2.92. The number of nitrogens with one attached hydrogen (secondary N) is 1. The summed E-state index contributed by atoms with van der Waals surface area (Å²) in [5, 5.41) is 2.82. The molecule has 0 bridgehead atoms. The summed E-state index contributed by atoms with van der Waals surface area (Å²) >= 11 is 11.6. The number of benzene rings is 2. The fraction of sp³-hybridized carbons (Fsp3) is 0.125. The first-order chi connectivity index (χ1) is 11.4. The molecule has 0 aromatic heterocycles. The van der Waals surface area contributed by atoms with E-state index in [0.717, 1.165) is 12.1 Å². The Labute approximate surface area is 147 Å². The molecular weight excluding hydrogens is 360 g/mol. The highest BCUT2D eigenvalue weighted by molar-refractivity contribution is 6.33. The Bertz CT molecular complexity index is 783. The van der Waals surface area contributed by atoms with Crippen molar-refractivity contribution in [2.24, 2.45) is 0 Å². The standard InChI is InChI=1S/C16H12Cl2FNO4/c1-23-14-5-2-9(17)6-13(14)20-15(21)8-24-16(22)11-4-3-10(19)7-12(11)18/h2-7H,8H2,1H3,(H,20,21). The second kappa shape index (κ2) is 7.99. The van der Waals surface area contributed by atoms with Gasteiger partial charge in [0.05, 0.1) is 23.4 Å². The van der Waals surface area contributed by atoms with E-state index in [0.29, 0.717) is 16.5 Å². The normalized spacial score (nSPS) is 10.2. The minimum Gasteiger partial charge on any atom is -0.495 e. The molecule has 0 spiro atoms. The average Bonchev–Trinajstić information content (AvgIpc) is 2.53. The van der Waals surface area contributed by atoms with Gasteiger partial charge in [0.2, 0.25) is 0 Å². The van der Waals surface area contributed by atoms with Crippen LogP contribution in [-0.2, 0) is 9.53 Å². The number of esters is 1. The van der Waals surface area contributed by atoms with Gasteiger partial charge < -0.3 is 14.8 Å². The van der Waals surface area contributed by atoms with E-state index >= 15 is 0 Å². The maximum Gasteiger partial charge on any atom is 0.340 e. The zero-order chi connectivity index (χ0) is 17.7. The molecule has 0 radical (unpaired) electrons. The zero-order valence-corrected chi connectivity index (χ0v) is 13.9. The number of amides is 1. The molecule has 8 heteroatoms. The molecule has 0 aliphatic rings. The Kier molecular flexibility index (Phi) is 6.00. The summed E-state index contributed by atoms with van der Waals surface area (Å²) in [7, 11) is 1.44. The second-order valence-corrected chi connectivity index (χ2v) is 5.44. The molecule has 126 valence electrons. The molecular formula is C16H12Cl2FNO4. The van der Waals surface area contributed by atoms with Crippen LogP contribution < -0.4 is 10.1 Å². The molecule has 2 rings (SSSR count). The summed E-state index contributed by atoms with van der Waals surface area (Å²) < 4.78 is 22.9. The molecule has 0 unspecified atom stereocenters. The summed E-state index contributed by atoms with van der Waals surface area (Å²) in [6.07, 6.45) is 0. The van der Waals surface area contributed by atoms with Crippen molar-refractivity contribution in [3.05, 3.63) is 57.8 Å². The van der Waals surface area contributed by atoms with E-state index in [-0.39, 0.29) is 10.6 Å². The van der Waals surface area contributed by atoms with Crippen molar-refractivity contribution < 1.29 is 23.5 Å². The number of methoxy groups -OCH3 is 1. The molecule has 0 atom stereocenters. The van der Waals surface area contributed by atoms with Crippen LogP contribution in [0.15, 0.2) is 36.4 Å². The Morgan fingerprint density at radius 1 is 1.17 bits per heavy atom. The zero-order valence-electron chi connectivity index (χ0n) is 12.4. The van der Waals surface area contributed by atoms with Gasteiger partial charge in [0.1, 0.15) is 11.6 Å². The van der Waals surface area contributed by atoms with E-state index in [2.05, 4.69) is 5.32 Å². The fourth-order valence-electron chi connectivity index (χ4n) is 1.83. The van der Waals surface area contributed by atoms with Crippen LogP contribution in [0.2, 0.25) is 10.0 Å². The summed E-state index contributed by atoms with van der Waals surface area (Å²) in [4.78, 5) is 23.7. The van der Waals surface area contributed by atoms with Crippen molar-refractivity contribution in [2.75, 3.05) is 19.0 Å². The third-order valence-corrected chi connectivity index (χ3v) is 3.47. The van der Waals surface area contributed by atoms with Crippen LogP contribution in [0.4, 0.5) is 10.1 Å². The van der Waals surface area contributed by atoms with Gasteiger partial charge >= 0.3 is 5.97 Å². The molecule has 5 nitrogen and oxygen atoms in total. The van der Waals surface area contributed by atoms with Crippen LogP contribution in [0.1, 0.15) is 10.4 Å². The summed E-state index contributed by atoms with van der Waals surface area (Å²) in [6, 6.07) is 7.91. The van der Waals surface area contributed by atoms with E-state index in [1.807, 2.05) is 0 Å². The van der Waals surface area contributed by atoms with Gasteiger partial charge in [0, 0.05) is 5.02 Å². The minimum atomic E-state index is -0.840. The summed E-state index contributed by atoms with van der Waals surface area (Å²) in [6.45, 7) is -0.553. The second-order valence-electron chi connectivity index (χ2n) is 4.59. The predicted molar refractivity (Wildman–Crippen MR) is 88.3 cm³/mol. The molecule has 1 N–H and O–H groups in total. The lowest BCUT2D eigenvalue weighted by Crippen LogP contribution is -2.21. The highest BCUT2D eigenvalue weighted by Gasteiger charge is 2.15. The molecule has 2 aromatic rings. The van der Waals surface area contributed by atoms with Crippen molar-refractivity contribution >= 4 is 40.8 Å². The number of rotatable bonds is 5. The first-order valence-electron chi connectivity index (χ1n) is 6.66. The monoisotopic (exact) mass is 371 g/mol. The predicted octanol–water partition coefficient (Wildman–Crippen LogP) is 3.94. The Hall–Kier alpha value is -2.31. The van der Waals surface area contributed by atoms with Gasteiger partial charge in [-0.1, -0.05) is 23.2 Å². The Balaban J connectivity index is 1.98. The molecule has 0 aliphatic heterocycles. The van der Waals surface area contributed by atoms with Crippen molar-refractivity contribution in [3.63, 3.8) is 0 Å². The SMILES string of the molecule is COc1ccc(Cl)cc1NC(=O)COC(=O)c1ccc(F)cc1Cl.